The van der Waals surface area contributed by atoms with E-state index in [1.807, 2.05) is 30.3 Å². The fraction of sp³-hybridized carbons (Fsp3) is 0.381. The number of nitrogens with one attached hydrogen (secondary N) is 2. The molecule has 0 saturated carbocycles. The van der Waals surface area contributed by atoms with Crippen LogP contribution < -0.4 is 19.3 Å². The van der Waals surface area contributed by atoms with Crippen molar-refractivity contribution < 1.29 is 28.1 Å². The van der Waals surface area contributed by atoms with E-state index in [0.29, 0.717) is 11.3 Å². The fourth-order valence-electron chi connectivity index (χ4n) is 3.60. The summed E-state index contributed by atoms with van der Waals surface area (Å²) in [6, 6.07) is 15.1. The molecule has 1 aliphatic heterocycles. The van der Waals surface area contributed by atoms with Gasteiger partial charge >= 0.3 is 6.61 Å². The molecule has 1 aliphatic rings. The second-order valence-corrected chi connectivity index (χ2v) is 7.03. The van der Waals surface area contributed by atoms with Gasteiger partial charge in [0.15, 0.2) is 11.5 Å². The summed E-state index contributed by atoms with van der Waals surface area (Å²) in [5.41, 5.74) is 2.98. The van der Waals surface area contributed by atoms with Gasteiger partial charge in [0.1, 0.15) is 39.3 Å². The van der Waals surface area contributed by atoms with Crippen LogP contribution in [0.3, 0.4) is 0 Å². The summed E-state index contributed by atoms with van der Waals surface area (Å²) in [4.78, 5) is 3.00. The highest BCUT2D eigenvalue weighted by Gasteiger charge is 2.23. The minimum atomic E-state index is -2.86. The van der Waals surface area contributed by atoms with Gasteiger partial charge in [-0.15, -0.1) is 0 Å². The minimum absolute atomic E-state index is 0.0629. The number of benzene rings is 2. The Kier molecular flexibility index (Phi) is 6.80. The molecular weight excluding hydrogens is 364 g/mol. The molecule has 0 amide bonds. The topological polar surface area (TPSA) is 51.1 Å². The van der Waals surface area contributed by atoms with E-state index in [0.717, 1.165) is 44.8 Å². The Morgan fingerprint density at radius 2 is 1.50 bits per heavy atom. The van der Waals surface area contributed by atoms with Crippen molar-refractivity contribution in [1.82, 2.24) is 0 Å². The van der Waals surface area contributed by atoms with Crippen LogP contribution in [0.4, 0.5) is 8.78 Å². The lowest BCUT2D eigenvalue weighted by Gasteiger charge is -2.30. The molecule has 7 heteroatoms. The SMILES string of the molecule is COc1cc(C[NH+]2CC[NH+](Cc3ccc(C#N)cc3)CC2)ccc1OC(F)F. The number of hydrogen-bond acceptors (Lipinski definition) is 3. The second kappa shape index (κ2) is 9.49. The molecule has 0 unspecified atom stereocenters. The van der Waals surface area contributed by atoms with Crippen LogP contribution in [0.2, 0.25) is 0 Å². The highest BCUT2D eigenvalue weighted by molar-refractivity contribution is 5.42. The van der Waals surface area contributed by atoms with Gasteiger partial charge in [0.05, 0.1) is 18.7 Å². The van der Waals surface area contributed by atoms with Crippen LogP contribution in [0, 0.1) is 11.3 Å². The lowest BCUT2D eigenvalue weighted by molar-refractivity contribution is -1.02. The number of ether oxygens (including phenoxy) is 2. The van der Waals surface area contributed by atoms with Crippen molar-refractivity contribution in [3.8, 4) is 17.6 Å². The fourth-order valence-corrected chi connectivity index (χ4v) is 3.60. The van der Waals surface area contributed by atoms with Crippen LogP contribution in [0.1, 0.15) is 16.7 Å². The van der Waals surface area contributed by atoms with Gasteiger partial charge < -0.3 is 19.3 Å². The maximum atomic E-state index is 12.4. The number of alkyl halides is 2. The highest BCUT2D eigenvalue weighted by atomic mass is 19.3. The number of nitrogens with zero attached hydrogens (tertiary/aromatic N) is 1. The van der Waals surface area contributed by atoms with Crippen molar-refractivity contribution in [3.05, 3.63) is 59.2 Å². The summed E-state index contributed by atoms with van der Waals surface area (Å²) in [5, 5.41) is 8.88. The number of nitriles is 1. The first-order valence-electron chi connectivity index (χ1n) is 9.35. The van der Waals surface area contributed by atoms with E-state index >= 15 is 0 Å². The van der Waals surface area contributed by atoms with Crippen LogP contribution in [0.15, 0.2) is 42.5 Å². The van der Waals surface area contributed by atoms with Gasteiger partial charge in [-0.1, -0.05) is 12.1 Å². The second-order valence-electron chi connectivity index (χ2n) is 7.03. The van der Waals surface area contributed by atoms with Gasteiger partial charge in [-0.2, -0.15) is 14.0 Å². The Labute approximate surface area is 163 Å². The normalized spacial score (nSPS) is 19.2. The zero-order valence-corrected chi connectivity index (χ0v) is 15.9. The average molecular weight is 389 g/mol. The summed E-state index contributed by atoms with van der Waals surface area (Å²) < 4.78 is 34.5. The molecule has 3 rings (SSSR count). The molecule has 0 atom stereocenters. The third kappa shape index (κ3) is 5.41. The van der Waals surface area contributed by atoms with Crippen molar-refractivity contribution >= 4 is 0 Å². The zero-order chi connectivity index (χ0) is 19.9. The van der Waals surface area contributed by atoms with Crippen LogP contribution in [-0.4, -0.2) is 39.9 Å². The van der Waals surface area contributed by atoms with Crippen LogP contribution in [-0.2, 0) is 13.1 Å². The molecule has 1 heterocycles. The lowest BCUT2D eigenvalue weighted by atomic mass is 10.1. The highest BCUT2D eigenvalue weighted by Crippen LogP contribution is 2.29. The van der Waals surface area contributed by atoms with E-state index in [-0.39, 0.29) is 5.75 Å². The average Bonchev–Trinajstić information content (AvgIpc) is 2.71. The van der Waals surface area contributed by atoms with Gasteiger partial charge in [-0.3, -0.25) is 0 Å². The molecule has 0 aliphatic carbocycles. The molecule has 2 aromatic rings. The van der Waals surface area contributed by atoms with Gasteiger partial charge in [0.2, 0.25) is 0 Å². The van der Waals surface area contributed by atoms with Crippen LogP contribution in [0.5, 0.6) is 11.5 Å². The van der Waals surface area contributed by atoms with Crippen molar-refractivity contribution in [2.24, 2.45) is 0 Å². The Morgan fingerprint density at radius 1 is 0.929 bits per heavy atom. The van der Waals surface area contributed by atoms with Crippen molar-refractivity contribution in [3.63, 3.8) is 0 Å². The summed E-state index contributed by atoms with van der Waals surface area (Å²) in [6.07, 6.45) is 0. The van der Waals surface area contributed by atoms with Crippen molar-refractivity contribution in [2.75, 3.05) is 33.3 Å². The lowest BCUT2D eigenvalue weighted by Crippen LogP contribution is -3.27. The molecular formula is C21H25F2N3O2+2. The Hall–Kier alpha value is -2.69. The number of rotatable bonds is 7. The Balaban J connectivity index is 1.51. The van der Waals surface area contributed by atoms with E-state index < -0.39 is 6.61 Å². The summed E-state index contributed by atoms with van der Waals surface area (Å²) in [6.45, 7) is 3.16. The first-order valence-corrected chi connectivity index (χ1v) is 9.35. The van der Waals surface area contributed by atoms with Gasteiger partial charge in [-0.25, -0.2) is 0 Å². The monoisotopic (exact) mass is 389 g/mol. The number of hydrogen-bond donors (Lipinski definition) is 2. The Bertz CT molecular complexity index is 813. The van der Waals surface area contributed by atoms with Gasteiger partial charge in [0, 0.05) is 11.1 Å². The third-order valence-corrected chi connectivity index (χ3v) is 5.10. The summed E-state index contributed by atoms with van der Waals surface area (Å²) in [5.74, 6) is 0.398. The minimum Gasteiger partial charge on any atom is -0.493 e. The molecule has 0 spiro atoms. The maximum Gasteiger partial charge on any atom is 0.387 e. The summed E-state index contributed by atoms with van der Waals surface area (Å²) >= 11 is 0. The number of halogens is 2. The largest absolute Gasteiger partial charge is 0.493 e. The molecule has 148 valence electrons. The molecule has 2 aromatic carbocycles. The number of piperazine rings is 1. The molecule has 5 nitrogen and oxygen atoms in total. The van der Waals surface area contributed by atoms with Crippen molar-refractivity contribution in [2.45, 2.75) is 19.7 Å². The van der Waals surface area contributed by atoms with E-state index in [4.69, 9.17) is 10.00 Å². The summed E-state index contributed by atoms with van der Waals surface area (Å²) in [7, 11) is 1.45. The third-order valence-electron chi connectivity index (χ3n) is 5.10. The Morgan fingerprint density at radius 3 is 2.04 bits per heavy atom. The van der Waals surface area contributed by atoms with E-state index in [9.17, 15) is 8.78 Å². The molecule has 0 radical (unpaired) electrons. The zero-order valence-electron chi connectivity index (χ0n) is 15.9. The van der Waals surface area contributed by atoms with Crippen LogP contribution >= 0.6 is 0 Å². The first kappa shape index (κ1) is 20.1. The molecule has 2 N–H and O–H groups in total. The predicted molar refractivity (Wildman–Crippen MR) is 99.6 cm³/mol. The molecule has 1 saturated heterocycles. The van der Waals surface area contributed by atoms with E-state index in [1.165, 1.54) is 22.5 Å². The van der Waals surface area contributed by atoms with E-state index in [1.54, 1.807) is 12.1 Å². The molecule has 0 aromatic heterocycles. The first-order chi connectivity index (χ1) is 13.6. The van der Waals surface area contributed by atoms with Gasteiger partial charge in [-0.05, 0) is 30.3 Å². The number of quaternary nitrogens is 2. The predicted octanol–water partition coefficient (Wildman–Crippen LogP) is 0.652. The van der Waals surface area contributed by atoms with E-state index in [2.05, 4.69) is 10.8 Å². The molecule has 1 fully saturated rings. The standard InChI is InChI=1S/C21H23F2N3O2/c1-27-20-12-18(6-7-19(20)28-21(22)23)15-26-10-8-25(9-11-26)14-17-4-2-16(13-24)3-5-17/h2-7,12,21H,8-11,14-15H2,1H3/p+2. The quantitative estimate of drug-likeness (QED) is 0.731. The number of methoxy groups -OCH3 is 1. The molecule has 0 bridgehead atoms. The van der Waals surface area contributed by atoms with Crippen molar-refractivity contribution in [1.29, 1.82) is 5.26 Å². The van der Waals surface area contributed by atoms with Crippen LogP contribution in [0.25, 0.3) is 0 Å². The smallest absolute Gasteiger partial charge is 0.387 e. The molecule has 28 heavy (non-hydrogen) atoms. The maximum absolute atomic E-state index is 12.4. The van der Waals surface area contributed by atoms with Gasteiger partial charge in [0.25, 0.3) is 0 Å².